The SMILES string of the molecule is CNC(=O)NSCCSCc1nccnc1C. The van der Waals surface area contributed by atoms with Gasteiger partial charge in [-0.05, 0) is 18.9 Å². The molecule has 0 unspecified atom stereocenters. The zero-order valence-corrected chi connectivity index (χ0v) is 11.5. The smallest absolute Gasteiger partial charge is 0.324 e. The third-order valence-corrected chi connectivity index (χ3v) is 3.91. The van der Waals surface area contributed by atoms with Crippen LogP contribution in [-0.4, -0.2) is 34.6 Å². The van der Waals surface area contributed by atoms with Crippen molar-refractivity contribution in [3.05, 3.63) is 23.8 Å². The molecule has 7 heteroatoms. The largest absolute Gasteiger partial charge is 0.341 e. The summed E-state index contributed by atoms with van der Waals surface area (Å²) in [5.74, 6) is 2.70. The van der Waals surface area contributed by atoms with E-state index in [1.54, 1.807) is 31.2 Å². The lowest BCUT2D eigenvalue weighted by Crippen LogP contribution is -2.27. The Balaban J connectivity index is 2.09. The quantitative estimate of drug-likeness (QED) is 0.608. The highest BCUT2D eigenvalue weighted by atomic mass is 32.2. The molecule has 1 aromatic heterocycles. The second kappa shape index (κ2) is 8.19. The topological polar surface area (TPSA) is 66.9 Å². The number of aromatic nitrogens is 2. The molecule has 2 amide bonds. The van der Waals surface area contributed by atoms with Crippen LogP contribution in [0.4, 0.5) is 4.79 Å². The Morgan fingerprint density at radius 3 is 2.82 bits per heavy atom. The molecule has 1 heterocycles. The van der Waals surface area contributed by atoms with Crippen LogP contribution in [0.2, 0.25) is 0 Å². The van der Waals surface area contributed by atoms with Gasteiger partial charge in [-0.25, -0.2) is 4.79 Å². The van der Waals surface area contributed by atoms with Crippen LogP contribution in [0.3, 0.4) is 0 Å². The molecule has 0 spiro atoms. The summed E-state index contributed by atoms with van der Waals surface area (Å²) in [6.45, 7) is 1.96. The highest BCUT2D eigenvalue weighted by Gasteiger charge is 2.00. The second-order valence-electron chi connectivity index (χ2n) is 3.17. The van der Waals surface area contributed by atoms with E-state index in [0.29, 0.717) is 0 Å². The third-order valence-electron chi connectivity index (χ3n) is 1.94. The van der Waals surface area contributed by atoms with Gasteiger partial charge >= 0.3 is 6.03 Å². The number of carbonyl (C=O) groups excluding carboxylic acids is 1. The summed E-state index contributed by atoms with van der Waals surface area (Å²) < 4.78 is 2.67. The average molecular weight is 272 g/mol. The van der Waals surface area contributed by atoms with E-state index >= 15 is 0 Å². The molecule has 94 valence electrons. The van der Waals surface area contributed by atoms with Gasteiger partial charge in [0.25, 0.3) is 0 Å². The van der Waals surface area contributed by atoms with Crippen molar-refractivity contribution in [1.29, 1.82) is 0 Å². The summed E-state index contributed by atoms with van der Waals surface area (Å²) in [5, 5.41) is 2.49. The first kappa shape index (κ1) is 14.1. The van der Waals surface area contributed by atoms with Gasteiger partial charge in [0, 0.05) is 36.7 Å². The molecular formula is C10H16N4OS2. The summed E-state index contributed by atoms with van der Waals surface area (Å²) in [4.78, 5) is 19.3. The van der Waals surface area contributed by atoms with Crippen LogP contribution >= 0.6 is 23.7 Å². The van der Waals surface area contributed by atoms with Crippen LogP contribution in [-0.2, 0) is 5.75 Å². The number of carbonyl (C=O) groups is 1. The molecule has 0 aliphatic carbocycles. The fraction of sp³-hybridized carbons (Fsp3) is 0.500. The standard InChI is InChI=1S/C10H16N4OS2/c1-8-9(13-4-3-12-8)7-16-5-6-17-14-10(15)11-2/h3-4H,5-7H2,1-2H3,(H2,11,14,15). The van der Waals surface area contributed by atoms with E-state index in [9.17, 15) is 4.79 Å². The van der Waals surface area contributed by atoms with Gasteiger partial charge in [-0.15, -0.1) is 0 Å². The van der Waals surface area contributed by atoms with Gasteiger partial charge in [0.1, 0.15) is 0 Å². The molecule has 0 saturated heterocycles. The Morgan fingerprint density at radius 2 is 2.12 bits per heavy atom. The lowest BCUT2D eigenvalue weighted by Gasteiger charge is -2.04. The molecule has 0 saturated carbocycles. The normalized spacial score (nSPS) is 10.0. The van der Waals surface area contributed by atoms with Crippen molar-refractivity contribution in [1.82, 2.24) is 20.0 Å². The van der Waals surface area contributed by atoms with Crippen LogP contribution < -0.4 is 10.0 Å². The fourth-order valence-corrected chi connectivity index (χ4v) is 2.78. The first-order valence-corrected chi connectivity index (χ1v) is 7.32. The minimum absolute atomic E-state index is 0.162. The van der Waals surface area contributed by atoms with Gasteiger partial charge in [-0.1, -0.05) is 0 Å². The van der Waals surface area contributed by atoms with Gasteiger partial charge in [-0.3, -0.25) is 14.7 Å². The highest BCUT2D eigenvalue weighted by molar-refractivity contribution is 8.01. The van der Waals surface area contributed by atoms with Crippen molar-refractivity contribution in [2.24, 2.45) is 0 Å². The Kier molecular flexibility index (Phi) is 6.80. The number of nitrogens with one attached hydrogen (secondary N) is 2. The van der Waals surface area contributed by atoms with Crippen LogP contribution in [0.5, 0.6) is 0 Å². The van der Waals surface area contributed by atoms with Crippen molar-refractivity contribution in [2.75, 3.05) is 18.6 Å². The van der Waals surface area contributed by atoms with E-state index in [1.165, 1.54) is 11.9 Å². The molecule has 0 aromatic carbocycles. The monoisotopic (exact) mass is 272 g/mol. The molecule has 0 aliphatic heterocycles. The van der Waals surface area contributed by atoms with E-state index in [1.807, 2.05) is 6.92 Å². The zero-order valence-electron chi connectivity index (χ0n) is 9.90. The van der Waals surface area contributed by atoms with Gasteiger partial charge in [-0.2, -0.15) is 11.8 Å². The lowest BCUT2D eigenvalue weighted by atomic mass is 10.4. The molecule has 2 N–H and O–H groups in total. The van der Waals surface area contributed by atoms with Crippen molar-refractivity contribution in [3.63, 3.8) is 0 Å². The van der Waals surface area contributed by atoms with E-state index in [-0.39, 0.29) is 6.03 Å². The fourth-order valence-electron chi connectivity index (χ4n) is 1.02. The number of rotatable bonds is 6. The molecular weight excluding hydrogens is 256 g/mol. The van der Waals surface area contributed by atoms with E-state index in [0.717, 1.165) is 28.6 Å². The summed E-state index contributed by atoms with van der Waals surface area (Å²) in [5.41, 5.74) is 2.01. The first-order valence-electron chi connectivity index (χ1n) is 5.17. The number of nitrogens with zero attached hydrogens (tertiary/aromatic N) is 2. The zero-order chi connectivity index (χ0) is 12.5. The first-order chi connectivity index (χ1) is 8.24. The van der Waals surface area contributed by atoms with Crippen LogP contribution in [0.25, 0.3) is 0 Å². The summed E-state index contributed by atoms with van der Waals surface area (Å²) in [6, 6.07) is -0.162. The average Bonchev–Trinajstić information content (AvgIpc) is 2.35. The Morgan fingerprint density at radius 1 is 1.35 bits per heavy atom. The van der Waals surface area contributed by atoms with E-state index in [2.05, 4.69) is 20.0 Å². The predicted octanol–water partition coefficient (Wildman–Crippen LogP) is 1.60. The van der Waals surface area contributed by atoms with Crippen molar-refractivity contribution < 1.29 is 4.79 Å². The maximum absolute atomic E-state index is 10.8. The van der Waals surface area contributed by atoms with E-state index < -0.39 is 0 Å². The minimum Gasteiger partial charge on any atom is -0.341 e. The molecule has 0 fully saturated rings. The summed E-state index contributed by atoms with van der Waals surface area (Å²) in [6.07, 6.45) is 3.41. The van der Waals surface area contributed by atoms with Crippen LogP contribution in [0.15, 0.2) is 12.4 Å². The molecule has 5 nitrogen and oxygen atoms in total. The van der Waals surface area contributed by atoms with Gasteiger partial charge in [0.05, 0.1) is 11.4 Å². The number of thioether (sulfide) groups is 1. The van der Waals surface area contributed by atoms with Gasteiger partial charge in [0.2, 0.25) is 0 Å². The molecule has 0 bridgehead atoms. The molecule has 17 heavy (non-hydrogen) atoms. The maximum Gasteiger partial charge on any atom is 0.324 e. The van der Waals surface area contributed by atoms with Crippen LogP contribution in [0.1, 0.15) is 11.4 Å². The lowest BCUT2D eigenvalue weighted by molar-refractivity contribution is 0.248. The Labute approximate surface area is 110 Å². The van der Waals surface area contributed by atoms with E-state index in [4.69, 9.17) is 0 Å². The number of urea groups is 1. The predicted molar refractivity (Wildman–Crippen MR) is 73.0 cm³/mol. The molecule has 1 rings (SSSR count). The highest BCUT2D eigenvalue weighted by Crippen LogP contribution is 2.12. The Bertz CT molecular complexity index is 362. The number of hydrogen-bond donors (Lipinski definition) is 2. The summed E-state index contributed by atoms with van der Waals surface area (Å²) >= 11 is 3.19. The van der Waals surface area contributed by atoms with Crippen LogP contribution in [0, 0.1) is 6.92 Å². The number of amides is 2. The second-order valence-corrected chi connectivity index (χ2v) is 5.18. The van der Waals surface area contributed by atoms with Gasteiger partial charge in [0.15, 0.2) is 0 Å². The minimum atomic E-state index is -0.162. The summed E-state index contributed by atoms with van der Waals surface area (Å²) in [7, 11) is 1.60. The van der Waals surface area contributed by atoms with Gasteiger partial charge < -0.3 is 5.32 Å². The third kappa shape index (κ3) is 5.78. The maximum atomic E-state index is 10.8. The van der Waals surface area contributed by atoms with Crippen molar-refractivity contribution in [3.8, 4) is 0 Å². The molecule has 0 atom stereocenters. The number of aryl methyl sites for hydroxylation is 1. The Hall–Kier alpha value is -0.950. The molecule has 1 aromatic rings. The molecule has 0 aliphatic rings. The number of hydrogen-bond acceptors (Lipinski definition) is 5. The molecule has 0 radical (unpaired) electrons. The van der Waals surface area contributed by atoms with Crippen molar-refractivity contribution >= 4 is 29.7 Å². The van der Waals surface area contributed by atoms with Crippen molar-refractivity contribution in [2.45, 2.75) is 12.7 Å².